The van der Waals surface area contributed by atoms with E-state index in [1.807, 2.05) is 26.0 Å². The van der Waals surface area contributed by atoms with Crippen LogP contribution in [0, 0.1) is 0 Å². The number of carbonyl (C=O) groups excluding carboxylic acids is 1. The number of anilines is 2. The summed E-state index contributed by atoms with van der Waals surface area (Å²) in [5, 5.41) is 2.81. The monoisotopic (exact) mass is 358 g/mol. The molecule has 2 aromatic rings. The van der Waals surface area contributed by atoms with Gasteiger partial charge in [0.15, 0.2) is 0 Å². The van der Waals surface area contributed by atoms with Crippen LogP contribution in [0.15, 0.2) is 47.4 Å². The minimum Gasteiger partial charge on any atom is -0.325 e. The molecule has 0 unspecified atom stereocenters. The molecule has 1 amide bonds. The number of hydrogen-bond donors (Lipinski definition) is 2. The van der Waals surface area contributed by atoms with Crippen molar-refractivity contribution in [2.24, 2.45) is 0 Å². The third kappa shape index (κ3) is 3.14. The maximum Gasteiger partial charge on any atom is 0.261 e. The molecule has 2 N–H and O–H groups in total. The van der Waals surface area contributed by atoms with E-state index in [0.717, 1.165) is 16.8 Å². The zero-order chi connectivity index (χ0) is 18.4. The molecule has 2 aromatic carbocycles. The van der Waals surface area contributed by atoms with E-state index in [9.17, 15) is 13.2 Å². The molecule has 0 saturated heterocycles. The van der Waals surface area contributed by atoms with Crippen molar-refractivity contribution in [1.29, 1.82) is 0 Å². The molecule has 0 spiro atoms. The van der Waals surface area contributed by atoms with Gasteiger partial charge >= 0.3 is 0 Å². The molecule has 5 nitrogen and oxygen atoms in total. The van der Waals surface area contributed by atoms with Gasteiger partial charge < -0.3 is 5.32 Å². The molecular formula is C19H22N2O3S. The van der Waals surface area contributed by atoms with E-state index in [0.29, 0.717) is 11.6 Å². The summed E-state index contributed by atoms with van der Waals surface area (Å²) >= 11 is 0. The minimum absolute atomic E-state index is 0.0909. The van der Waals surface area contributed by atoms with E-state index >= 15 is 0 Å². The first kappa shape index (κ1) is 17.5. The Hall–Kier alpha value is -2.34. The lowest BCUT2D eigenvalue weighted by Crippen LogP contribution is -2.26. The van der Waals surface area contributed by atoms with E-state index in [-0.39, 0.29) is 10.8 Å². The van der Waals surface area contributed by atoms with Crippen LogP contribution in [0.1, 0.15) is 44.7 Å². The maximum absolute atomic E-state index is 12.6. The summed E-state index contributed by atoms with van der Waals surface area (Å²) in [5.74, 6) is 0.250. The van der Waals surface area contributed by atoms with Crippen molar-refractivity contribution in [2.45, 2.75) is 43.9 Å². The number of fused-ring (bicyclic) bond motifs is 1. The van der Waals surface area contributed by atoms with Crippen molar-refractivity contribution >= 4 is 27.3 Å². The smallest absolute Gasteiger partial charge is 0.261 e. The van der Waals surface area contributed by atoms with Crippen LogP contribution in [0.25, 0.3) is 0 Å². The van der Waals surface area contributed by atoms with Crippen LogP contribution in [0.3, 0.4) is 0 Å². The number of carbonyl (C=O) groups is 1. The molecule has 0 bridgehead atoms. The summed E-state index contributed by atoms with van der Waals surface area (Å²) in [4.78, 5) is 12.2. The molecule has 0 saturated carbocycles. The molecule has 6 heteroatoms. The van der Waals surface area contributed by atoms with Crippen LogP contribution >= 0.6 is 0 Å². The largest absolute Gasteiger partial charge is 0.325 e. The average molecular weight is 358 g/mol. The molecule has 0 aliphatic carbocycles. The molecular weight excluding hydrogens is 336 g/mol. The van der Waals surface area contributed by atoms with E-state index in [1.165, 1.54) is 0 Å². The Kier molecular flexibility index (Phi) is 4.11. The predicted molar refractivity (Wildman–Crippen MR) is 99.4 cm³/mol. The van der Waals surface area contributed by atoms with Crippen molar-refractivity contribution < 1.29 is 13.2 Å². The second kappa shape index (κ2) is 5.88. The third-order valence-electron chi connectivity index (χ3n) is 4.62. The van der Waals surface area contributed by atoms with Crippen LogP contribution < -0.4 is 10.0 Å². The SMILES string of the molecule is CC(C)c1ccc(S(=O)(=O)Nc2ccc3c(c2)C(C)(C)C(=O)N3)cc1. The minimum atomic E-state index is -3.68. The van der Waals surface area contributed by atoms with Gasteiger partial charge in [-0.25, -0.2) is 8.42 Å². The lowest BCUT2D eigenvalue weighted by Gasteiger charge is -2.16. The highest BCUT2D eigenvalue weighted by Gasteiger charge is 2.38. The van der Waals surface area contributed by atoms with Gasteiger partial charge in [0.25, 0.3) is 10.0 Å². The summed E-state index contributed by atoms with van der Waals surface area (Å²) in [6.07, 6.45) is 0. The predicted octanol–water partition coefficient (Wildman–Crippen LogP) is 3.84. The molecule has 132 valence electrons. The van der Waals surface area contributed by atoms with Crippen LogP contribution in [0.4, 0.5) is 11.4 Å². The van der Waals surface area contributed by atoms with Crippen molar-refractivity contribution in [3.05, 3.63) is 53.6 Å². The third-order valence-corrected chi connectivity index (χ3v) is 6.02. The molecule has 1 aliphatic rings. The Bertz CT molecular complexity index is 930. The second-order valence-electron chi connectivity index (χ2n) is 7.17. The summed E-state index contributed by atoms with van der Waals surface area (Å²) in [6, 6.07) is 12.0. The number of amides is 1. The highest BCUT2D eigenvalue weighted by atomic mass is 32.2. The van der Waals surface area contributed by atoms with Crippen molar-refractivity contribution in [3.8, 4) is 0 Å². The lowest BCUT2D eigenvalue weighted by atomic mass is 9.86. The van der Waals surface area contributed by atoms with E-state index in [4.69, 9.17) is 0 Å². The summed E-state index contributed by atoms with van der Waals surface area (Å²) in [5.41, 5.74) is 2.35. The highest BCUT2D eigenvalue weighted by molar-refractivity contribution is 7.92. The first-order valence-corrected chi connectivity index (χ1v) is 9.68. The Balaban J connectivity index is 1.90. The van der Waals surface area contributed by atoms with Gasteiger partial charge in [0.05, 0.1) is 10.3 Å². The van der Waals surface area contributed by atoms with Gasteiger partial charge in [-0.1, -0.05) is 26.0 Å². The maximum atomic E-state index is 12.6. The first-order chi connectivity index (χ1) is 11.6. The van der Waals surface area contributed by atoms with Gasteiger partial charge in [-0.05, 0) is 61.2 Å². The van der Waals surface area contributed by atoms with Crippen LogP contribution in [-0.2, 0) is 20.2 Å². The fourth-order valence-corrected chi connectivity index (χ4v) is 3.93. The standard InChI is InChI=1S/C19H22N2O3S/c1-12(2)13-5-8-15(9-6-13)25(23,24)21-14-7-10-17-16(11-14)19(3,4)18(22)20-17/h5-12,21H,1-4H3,(H,20,22). The molecule has 3 rings (SSSR count). The summed E-state index contributed by atoms with van der Waals surface area (Å²) in [7, 11) is -3.68. The topological polar surface area (TPSA) is 75.3 Å². The van der Waals surface area contributed by atoms with Crippen molar-refractivity contribution in [3.63, 3.8) is 0 Å². The molecule has 0 atom stereocenters. The number of benzene rings is 2. The zero-order valence-electron chi connectivity index (χ0n) is 14.8. The van der Waals surface area contributed by atoms with Crippen molar-refractivity contribution in [1.82, 2.24) is 0 Å². The second-order valence-corrected chi connectivity index (χ2v) is 8.85. The van der Waals surface area contributed by atoms with E-state index < -0.39 is 15.4 Å². The number of nitrogens with one attached hydrogen (secondary N) is 2. The zero-order valence-corrected chi connectivity index (χ0v) is 15.6. The van der Waals surface area contributed by atoms with Crippen LogP contribution in [0.2, 0.25) is 0 Å². The molecule has 1 aliphatic heterocycles. The first-order valence-electron chi connectivity index (χ1n) is 8.20. The number of hydrogen-bond acceptors (Lipinski definition) is 3. The number of rotatable bonds is 4. The van der Waals surface area contributed by atoms with E-state index in [2.05, 4.69) is 23.9 Å². The van der Waals surface area contributed by atoms with Gasteiger partial charge in [0, 0.05) is 11.4 Å². The lowest BCUT2D eigenvalue weighted by molar-refractivity contribution is -0.119. The molecule has 25 heavy (non-hydrogen) atoms. The fraction of sp³-hybridized carbons (Fsp3) is 0.316. The van der Waals surface area contributed by atoms with E-state index in [1.54, 1.807) is 30.3 Å². The average Bonchev–Trinajstić information content (AvgIpc) is 2.77. The highest BCUT2D eigenvalue weighted by Crippen LogP contribution is 2.39. The normalized spacial score (nSPS) is 15.8. The molecule has 1 heterocycles. The van der Waals surface area contributed by atoms with Gasteiger partial charge in [-0.2, -0.15) is 0 Å². The summed E-state index contributed by atoms with van der Waals surface area (Å²) < 4.78 is 27.8. The molecule has 0 fully saturated rings. The van der Waals surface area contributed by atoms with Crippen molar-refractivity contribution in [2.75, 3.05) is 10.0 Å². The van der Waals surface area contributed by atoms with Crippen LogP contribution in [0.5, 0.6) is 0 Å². The molecule has 0 aromatic heterocycles. The fourth-order valence-electron chi connectivity index (χ4n) is 2.88. The van der Waals surface area contributed by atoms with Gasteiger partial charge in [0.1, 0.15) is 0 Å². The summed E-state index contributed by atoms with van der Waals surface area (Å²) in [6.45, 7) is 7.75. The Morgan fingerprint density at radius 1 is 1.04 bits per heavy atom. The van der Waals surface area contributed by atoms with Gasteiger partial charge in [0.2, 0.25) is 5.91 Å². The molecule has 0 radical (unpaired) electrons. The van der Waals surface area contributed by atoms with Gasteiger partial charge in [-0.15, -0.1) is 0 Å². The Morgan fingerprint density at radius 2 is 1.68 bits per heavy atom. The number of sulfonamides is 1. The Labute approximate surface area is 148 Å². The Morgan fingerprint density at radius 3 is 2.28 bits per heavy atom. The van der Waals surface area contributed by atoms with Gasteiger partial charge in [-0.3, -0.25) is 9.52 Å². The van der Waals surface area contributed by atoms with Crippen LogP contribution in [-0.4, -0.2) is 14.3 Å². The quantitative estimate of drug-likeness (QED) is 0.872.